The van der Waals surface area contributed by atoms with E-state index in [0.717, 1.165) is 7.11 Å². The van der Waals surface area contributed by atoms with Gasteiger partial charge in [0.25, 0.3) is 0 Å². The second-order valence-electron chi connectivity index (χ2n) is 3.54. The second kappa shape index (κ2) is 7.51. The van der Waals surface area contributed by atoms with Gasteiger partial charge in [-0.1, -0.05) is 0 Å². The number of hydrogen-bond donors (Lipinski definition) is 1. The van der Waals surface area contributed by atoms with E-state index in [9.17, 15) is 35.9 Å². The van der Waals surface area contributed by atoms with E-state index in [1.54, 1.807) is 0 Å². The number of hydrogen-bond acceptors (Lipinski definition) is 3. The number of ether oxygens (including phenoxy) is 1. The normalized spacial score (nSPS) is 14.1. The summed E-state index contributed by atoms with van der Waals surface area (Å²) in [5, 5.41) is 1.34. The van der Waals surface area contributed by atoms with Gasteiger partial charge < -0.3 is 10.1 Å². The third-order valence-corrected chi connectivity index (χ3v) is 2.61. The molecule has 1 N–H and O–H groups in total. The van der Waals surface area contributed by atoms with E-state index in [4.69, 9.17) is 0 Å². The van der Waals surface area contributed by atoms with Crippen LogP contribution in [0.3, 0.4) is 0 Å². The Morgan fingerprint density at radius 3 is 2.00 bits per heavy atom. The SMILES string of the molecule is CO/C(=C(Br)\C=C(/NC=O)C(F)(F)F)N(C)C(=O)C(F)(F)F. The zero-order valence-electron chi connectivity index (χ0n) is 11.0. The molecule has 0 fully saturated rings. The minimum atomic E-state index is -5.25. The van der Waals surface area contributed by atoms with Crippen LogP contribution in [-0.2, 0) is 14.3 Å². The number of methoxy groups -OCH3 is 1. The van der Waals surface area contributed by atoms with Crippen molar-refractivity contribution in [2.24, 2.45) is 0 Å². The Bertz CT molecular complexity index is 498. The molecule has 0 aromatic carbocycles. The third-order valence-electron chi connectivity index (χ3n) is 2.04. The van der Waals surface area contributed by atoms with Crippen LogP contribution in [0.25, 0.3) is 0 Å². The molecule has 0 aromatic heterocycles. The third kappa shape index (κ3) is 5.58. The van der Waals surface area contributed by atoms with Gasteiger partial charge in [0.15, 0.2) is 0 Å². The maximum absolute atomic E-state index is 12.5. The smallest absolute Gasteiger partial charge is 0.471 e. The highest BCUT2D eigenvalue weighted by Gasteiger charge is 2.43. The van der Waals surface area contributed by atoms with E-state index < -0.39 is 34.3 Å². The van der Waals surface area contributed by atoms with Crippen LogP contribution in [0.5, 0.6) is 0 Å². The van der Waals surface area contributed by atoms with Crippen LogP contribution in [-0.4, -0.2) is 43.7 Å². The van der Waals surface area contributed by atoms with Crippen molar-refractivity contribution in [3.8, 4) is 0 Å². The molecule has 0 aromatic rings. The van der Waals surface area contributed by atoms with Crippen molar-refractivity contribution in [1.29, 1.82) is 0 Å². The molecule has 0 heterocycles. The lowest BCUT2D eigenvalue weighted by Gasteiger charge is -2.21. The predicted molar refractivity (Wildman–Crippen MR) is 65.1 cm³/mol. The van der Waals surface area contributed by atoms with E-state index in [1.807, 2.05) is 0 Å². The molecule has 0 bridgehead atoms. The molecule has 0 aliphatic rings. The molecule has 0 aliphatic heterocycles. The van der Waals surface area contributed by atoms with E-state index in [0.29, 0.717) is 7.05 Å². The molecule has 0 radical (unpaired) electrons. The minimum absolute atomic E-state index is 0.0323. The van der Waals surface area contributed by atoms with Crippen molar-refractivity contribution >= 4 is 28.2 Å². The summed E-state index contributed by atoms with van der Waals surface area (Å²) in [6.45, 7) is 0. The second-order valence-corrected chi connectivity index (χ2v) is 4.39. The molecular formula is C10H9BrF6N2O3. The van der Waals surface area contributed by atoms with Gasteiger partial charge in [0.2, 0.25) is 12.3 Å². The fraction of sp³-hybridized carbons (Fsp3) is 0.400. The molecule has 0 unspecified atom stereocenters. The fourth-order valence-corrected chi connectivity index (χ4v) is 1.79. The maximum Gasteiger partial charge on any atom is 0.471 e. The van der Waals surface area contributed by atoms with Crippen molar-refractivity contribution in [1.82, 2.24) is 10.2 Å². The highest BCUT2D eigenvalue weighted by atomic mass is 79.9. The van der Waals surface area contributed by atoms with Crippen LogP contribution in [0.1, 0.15) is 0 Å². The molecule has 0 rings (SSSR count). The quantitative estimate of drug-likeness (QED) is 0.335. The highest BCUT2D eigenvalue weighted by molar-refractivity contribution is 9.11. The number of halogens is 7. The van der Waals surface area contributed by atoms with Gasteiger partial charge in [0, 0.05) is 7.05 Å². The first-order valence-electron chi connectivity index (χ1n) is 5.14. The topological polar surface area (TPSA) is 58.6 Å². The fourth-order valence-electron chi connectivity index (χ4n) is 1.13. The Hall–Kier alpha value is -1.72. The number of allylic oxidation sites excluding steroid dienone is 3. The van der Waals surface area contributed by atoms with Crippen LogP contribution in [0.4, 0.5) is 26.3 Å². The van der Waals surface area contributed by atoms with E-state index in [2.05, 4.69) is 20.7 Å². The Kier molecular flexibility index (Phi) is 6.93. The summed E-state index contributed by atoms with van der Waals surface area (Å²) in [7, 11) is 1.51. The van der Waals surface area contributed by atoms with Gasteiger partial charge in [-0.05, 0) is 22.0 Å². The zero-order chi connectivity index (χ0) is 17.7. The number of alkyl halides is 6. The Labute approximate surface area is 128 Å². The molecule has 0 spiro atoms. The van der Waals surface area contributed by atoms with Crippen LogP contribution >= 0.6 is 15.9 Å². The summed E-state index contributed by atoms with van der Waals surface area (Å²) in [5.74, 6) is -3.19. The molecule has 0 saturated carbocycles. The maximum atomic E-state index is 12.5. The average Bonchev–Trinajstić information content (AvgIpc) is 2.35. The van der Waals surface area contributed by atoms with E-state index in [-0.39, 0.29) is 17.4 Å². The minimum Gasteiger partial charge on any atom is -0.481 e. The van der Waals surface area contributed by atoms with Gasteiger partial charge in [-0.3, -0.25) is 14.5 Å². The van der Waals surface area contributed by atoms with Crippen LogP contribution < -0.4 is 5.32 Å². The zero-order valence-corrected chi connectivity index (χ0v) is 12.6. The summed E-state index contributed by atoms with van der Waals surface area (Å²) in [5.41, 5.74) is -1.57. The lowest BCUT2D eigenvalue weighted by atomic mass is 10.3. The van der Waals surface area contributed by atoms with Gasteiger partial charge in [0.1, 0.15) is 5.70 Å². The van der Waals surface area contributed by atoms with Crippen molar-refractivity contribution in [2.45, 2.75) is 12.4 Å². The highest BCUT2D eigenvalue weighted by Crippen LogP contribution is 2.28. The van der Waals surface area contributed by atoms with Crippen molar-refractivity contribution < 1.29 is 40.7 Å². The van der Waals surface area contributed by atoms with Crippen LogP contribution in [0.15, 0.2) is 22.1 Å². The van der Waals surface area contributed by atoms with E-state index in [1.165, 1.54) is 5.32 Å². The molecule has 126 valence electrons. The first kappa shape index (κ1) is 20.3. The molecule has 22 heavy (non-hydrogen) atoms. The monoisotopic (exact) mass is 398 g/mol. The summed E-state index contributed by atoms with van der Waals surface area (Å²) >= 11 is 2.56. The Morgan fingerprint density at radius 1 is 1.18 bits per heavy atom. The number of carbonyl (C=O) groups excluding carboxylic acids is 2. The lowest BCUT2D eigenvalue weighted by molar-refractivity contribution is -0.184. The van der Waals surface area contributed by atoms with Crippen molar-refractivity contribution in [3.63, 3.8) is 0 Å². The molecule has 0 atom stereocenters. The van der Waals surface area contributed by atoms with E-state index >= 15 is 0 Å². The van der Waals surface area contributed by atoms with Gasteiger partial charge >= 0.3 is 18.3 Å². The molecular weight excluding hydrogens is 390 g/mol. The predicted octanol–water partition coefficient (Wildman–Crippen LogP) is 2.41. The average molecular weight is 399 g/mol. The number of amides is 2. The first-order valence-corrected chi connectivity index (χ1v) is 5.93. The number of rotatable bonds is 5. The summed E-state index contributed by atoms with van der Waals surface area (Å²) in [6.07, 6.45) is -10.2. The summed E-state index contributed by atoms with van der Waals surface area (Å²) in [4.78, 5) is 21.1. The van der Waals surface area contributed by atoms with Crippen LogP contribution in [0, 0.1) is 0 Å². The molecule has 0 aliphatic carbocycles. The van der Waals surface area contributed by atoms with Gasteiger partial charge in [-0.25, -0.2) is 0 Å². The Balaban J connectivity index is 5.80. The van der Waals surface area contributed by atoms with Crippen molar-refractivity contribution in [2.75, 3.05) is 14.2 Å². The van der Waals surface area contributed by atoms with Crippen LogP contribution in [0.2, 0.25) is 0 Å². The first-order chi connectivity index (χ1) is 9.86. The molecule has 5 nitrogen and oxygen atoms in total. The standard InChI is InChI=1S/C10H9BrF6N2O3/c1-19(8(21)10(15,16)17)7(22-2)5(11)3-6(18-4-20)9(12,13)14/h3-4H,1-2H3,(H,18,20)/b6-3-,7-5+. The number of carbonyl (C=O) groups is 2. The largest absolute Gasteiger partial charge is 0.481 e. The Morgan fingerprint density at radius 2 is 1.68 bits per heavy atom. The summed E-state index contributed by atoms with van der Waals surface area (Å²) in [6, 6.07) is 0. The number of nitrogens with zero attached hydrogens (tertiary/aromatic N) is 1. The van der Waals surface area contributed by atoms with Gasteiger partial charge in [-0.2, -0.15) is 26.3 Å². The van der Waals surface area contributed by atoms with Crippen molar-refractivity contribution in [3.05, 3.63) is 22.1 Å². The molecule has 12 heteroatoms. The number of nitrogens with one attached hydrogen (secondary N) is 1. The van der Waals surface area contributed by atoms with Gasteiger partial charge in [-0.15, -0.1) is 0 Å². The lowest BCUT2D eigenvalue weighted by Crippen LogP contribution is -2.38. The summed E-state index contributed by atoms with van der Waals surface area (Å²) < 4.78 is 78.4. The van der Waals surface area contributed by atoms with Gasteiger partial charge in [0.05, 0.1) is 11.6 Å². The molecule has 0 saturated heterocycles. The molecule has 2 amide bonds.